The molecule has 0 aliphatic rings. The Morgan fingerprint density at radius 1 is 0.825 bits per heavy atom. The van der Waals surface area contributed by atoms with Gasteiger partial charge in [0.2, 0.25) is 23.6 Å². The van der Waals surface area contributed by atoms with Gasteiger partial charge in [-0.2, -0.15) is 12.6 Å². The highest BCUT2D eigenvalue weighted by atomic mass is 32.1. The molecule has 0 fully saturated rings. The molecule has 0 saturated carbocycles. The molecule has 0 aromatic rings. The average Bonchev–Trinajstić information content (AvgIpc) is 2.87. The summed E-state index contributed by atoms with van der Waals surface area (Å²) in [6, 6.07) is -4.93. The van der Waals surface area contributed by atoms with Gasteiger partial charge in [0.05, 0.1) is 18.7 Å². The van der Waals surface area contributed by atoms with Crippen molar-refractivity contribution in [2.45, 2.75) is 62.9 Å². The molecule has 0 radical (unpaired) electrons. The quantitative estimate of drug-likeness (QED) is 0.0289. The number of aliphatic carboxylic acids is 1. The van der Waals surface area contributed by atoms with E-state index in [-0.39, 0.29) is 50.0 Å². The fourth-order valence-electron chi connectivity index (χ4n) is 3.07. The van der Waals surface area contributed by atoms with Gasteiger partial charge in [0, 0.05) is 18.8 Å². The number of thiol groups is 1. The third-order valence-electron chi connectivity index (χ3n) is 5.18. The fraction of sp³-hybridized carbons (Fsp3) is 0.667. The zero-order chi connectivity index (χ0) is 30.8. The summed E-state index contributed by atoms with van der Waals surface area (Å²) < 4.78 is 0. The fourth-order valence-corrected chi connectivity index (χ4v) is 3.32. The van der Waals surface area contributed by atoms with E-state index in [9.17, 15) is 34.2 Å². The first-order valence-electron chi connectivity index (χ1n) is 12.2. The van der Waals surface area contributed by atoms with E-state index in [2.05, 4.69) is 43.9 Å². The Kier molecular flexibility index (Phi) is 17.4. The van der Waals surface area contributed by atoms with Crippen LogP contribution in [0.2, 0.25) is 0 Å². The molecular weight excluding hydrogens is 550 g/mol. The van der Waals surface area contributed by atoms with Gasteiger partial charge in [-0.1, -0.05) is 0 Å². The van der Waals surface area contributed by atoms with Crippen LogP contribution in [0.3, 0.4) is 0 Å². The van der Waals surface area contributed by atoms with Crippen LogP contribution in [0.4, 0.5) is 0 Å². The van der Waals surface area contributed by atoms with E-state index >= 15 is 0 Å². The predicted octanol–water partition coefficient (Wildman–Crippen LogP) is -5.61. The standard InChI is InChI=1S/C21H41N11O7S/c1-10(33)15(32-16(35)11(22)4-2-6-27-20(23)24)18(37)29-8-14(34)30-13(9-40)17(36)31-12(19(38)39)5-3-7-28-21(25)26/h10-13,15,33,40H,2-9,22H2,1H3,(H,29,37)(H,30,34)(H,31,36)(H,32,35)(H,38,39)(H4,23,24,27)(H4,25,26,28)/t10-,11+,12+,13+,15+/m1/s1. The van der Waals surface area contributed by atoms with E-state index in [1.165, 1.54) is 6.92 Å². The number of guanidine groups is 2. The van der Waals surface area contributed by atoms with Gasteiger partial charge in [0.25, 0.3) is 0 Å². The van der Waals surface area contributed by atoms with Crippen molar-refractivity contribution in [2.24, 2.45) is 38.7 Å². The molecule has 0 unspecified atom stereocenters. The number of carboxylic acid groups (broad SMARTS) is 1. The molecule has 0 bridgehead atoms. The molecule has 0 saturated heterocycles. The van der Waals surface area contributed by atoms with Crippen molar-refractivity contribution < 1.29 is 34.2 Å². The number of amides is 4. The number of carbonyl (C=O) groups is 5. The minimum absolute atomic E-state index is 0.0214. The molecule has 0 aliphatic carbocycles. The Bertz CT molecular complexity index is 925. The van der Waals surface area contributed by atoms with Crippen molar-refractivity contribution in [2.75, 3.05) is 25.4 Å². The number of nitrogens with zero attached hydrogens (tertiary/aromatic N) is 2. The zero-order valence-electron chi connectivity index (χ0n) is 22.2. The third kappa shape index (κ3) is 15.5. The van der Waals surface area contributed by atoms with Gasteiger partial charge in [-0.3, -0.25) is 29.2 Å². The molecule has 0 rings (SSSR count). The van der Waals surface area contributed by atoms with Crippen molar-refractivity contribution in [3.8, 4) is 0 Å². The van der Waals surface area contributed by atoms with E-state index in [1.54, 1.807) is 0 Å². The number of carboxylic acids is 1. The number of rotatable bonds is 19. The van der Waals surface area contributed by atoms with E-state index in [1.807, 2.05) is 0 Å². The summed E-state index contributed by atoms with van der Waals surface area (Å²) in [5.41, 5.74) is 26.7. The summed E-state index contributed by atoms with van der Waals surface area (Å²) >= 11 is 4.01. The molecular formula is C21H41N11O7S. The van der Waals surface area contributed by atoms with Gasteiger partial charge >= 0.3 is 5.97 Å². The molecule has 40 heavy (non-hydrogen) atoms. The summed E-state index contributed by atoms with van der Waals surface area (Å²) in [5.74, 6) is -4.95. The number of aliphatic hydroxyl groups excluding tert-OH is 1. The van der Waals surface area contributed by atoms with Crippen LogP contribution in [0.5, 0.6) is 0 Å². The van der Waals surface area contributed by atoms with Gasteiger partial charge in [-0.15, -0.1) is 0 Å². The lowest BCUT2D eigenvalue weighted by Crippen LogP contribution is -2.57. The Morgan fingerprint density at radius 3 is 1.85 bits per heavy atom. The first-order chi connectivity index (χ1) is 18.7. The molecule has 0 aliphatic heterocycles. The summed E-state index contributed by atoms with van der Waals surface area (Å²) in [6.45, 7) is 1.04. The lowest BCUT2D eigenvalue weighted by atomic mass is 10.1. The van der Waals surface area contributed by atoms with Crippen LogP contribution in [0.1, 0.15) is 32.6 Å². The molecule has 16 N–H and O–H groups in total. The lowest BCUT2D eigenvalue weighted by molar-refractivity contribution is -0.142. The van der Waals surface area contributed by atoms with E-state index < -0.39 is 66.4 Å². The Morgan fingerprint density at radius 2 is 1.38 bits per heavy atom. The maximum absolute atomic E-state index is 12.5. The van der Waals surface area contributed by atoms with Crippen molar-refractivity contribution in [1.29, 1.82) is 0 Å². The van der Waals surface area contributed by atoms with E-state index in [0.717, 1.165) is 0 Å². The first-order valence-corrected chi connectivity index (χ1v) is 12.9. The topological polar surface area (TPSA) is 329 Å². The molecule has 0 aromatic carbocycles. The summed E-state index contributed by atoms with van der Waals surface area (Å²) in [7, 11) is 0. The highest BCUT2D eigenvalue weighted by Gasteiger charge is 2.29. The summed E-state index contributed by atoms with van der Waals surface area (Å²) in [6.07, 6.45) is -0.456. The molecule has 19 heteroatoms. The van der Waals surface area contributed by atoms with E-state index in [4.69, 9.17) is 28.7 Å². The molecule has 5 atom stereocenters. The average molecular weight is 592 g/mol. The van der Waals surface area contributed by atoms with E-state index in [0.29, 0.717) is 6.42 Å². The number of carbonyl (C=O) groups excluding carboxylic acids is 4. The lowest BCUT2D eigenvalue weighted by Gasteiger charge is -2.23. The predicted molar refractivity (Wildman–Crippen MR) is 150 cm³/mol. The number of hydrogen-bond donors (Lipinski definition) is 12. The highest BCUT2D eigenvalue weighted by molar-refractivity contribution is 7.80. The SMILES string of the molecule is C[C@@H](O)[C@H](NC(=O)[C@@H](N)CCCN=C(N)N)C(=O)NCC(=O)N[C@@H](CS)C(=O)N[C@@H](CCCN=C(N)N)C(=O)O. The van der Waals surface area contributed by atoms with Crippen LogP contribution in [-0.2, 0) is 24.0 Å². The second-order valence-corrected chi connectivity index (χ2v) is 9.02. The number of aliphatic imine (C=N–C) groups is 2. The van der Waals surface area contributed by atoms with Gasteiger partial charge in [-0.25, -0.2) is 4.79 Å². The number of aliphatic hydroxyl groups is 1. The molecule has 0 spiro atoms. The molecule has 0 aromatic heterocycles. The van der Waals surface area contributed by atoms with Crippen LogP contribution < -0.4 is 49.9 Å². The molecule has 228 valence electrons. The Balaban J connectivity index is 4.89. The monoisotopic (exact) mass is 591 g/mol. The third-order valence-corrected chi connectivity index (χ3v) is 5.55. The van der Waals surface area contributed by atoms with Crippen molar-refractivity contribution in [3.05, 3.63) is 0 Å². The maximum atomic E-state index is 12.5. The second-order valence-electron chi connectivity index (χ2n) is 8.65. The minimum Gasteiger partial charge on any atom is -0.480 e. The summed E-state index contributed by atoms with van der Waals surface area (Å²) in [5, 5.41) is 28.5. The van der Waals surface area contributed by atoms with Crippen molar-refractivity contribution >= 4 is 54.1 Å². The first kappa shape index (κ1) is 36.2. The molecule has 0 heterocycles. The van der Waals surface area contributed by atoms with Gasteiger partial charge in [-0.05, 0) is 32.6 Å². The number of nitrogens with two attached hydrogens (primary N) is 5. The van der Waals surface area contributed by atoms with Crippen LogP contribution >= 0.6 is 12.6 Å². The minimum atomic E-state index is -1.43. The van der Waals surface area contributed by atoms with Crippen molar-refractivity contribution in [1.82, 2.24) is 21.3 Å². The maximum Gasteiger partial charge on any atom is 0.326 e. The van der Waals surface area contributed by atoms with Gasteiger partial charge in [0.1, 0.15) is 18.1 Å². The molecule has 4 amide bonds. The second kappa shape index (κ2) is 19.3. The number of nitrogens with one attached hydrogen (secondary N) is 4. The highest BCUT2D eigenvalue weighted by Crippen LogP contribution is 2.01. The van der Waals surface area contributed by atoms with Gasteiger partial charge in [0.15, 0.2) is 11.9 Å². The summed E-state index contributed by atoms with van der Waals surface area (Å²) in [4.78, 5) is 68.7. The van der Waals surface area contributed by atoms with Crippen LogP contribution in [0, 0.1) is 0 Å². The number of hydrogen-bond acceptors (Lipinski definition) is 10. The Hall–Kier alpha value is -3.84. The normalized spacial score (nSPS) is 14.3. The van der Waals surface area contributed by atoms with Crippen LogP contribution in [0.15, 0.2) is 9.98 Å². The van der Waals surface area contributed by atoms with Crippen LogP contribution in [-0.4, -0.2) is 107 Å². The van der Waals surface area contributed by atoms with Gasteiger partial charge < -0.3 is 60.1 Å². The smallest absolute Gasteiger partial charge is 0.326 e. The zero-order valence-corrected chi connectivity index (χ0v) is 23.1. The Labute approximate surface area is 236 Å². The largest absolute Gasteiger partial charge is 0.480 e. The van der Waals surface area contributed by atoms with Crippen LogP contribution in [0.25, 0.3) is 0 Å². The molecule has 18 nitrogen and oxygen atoms in total. The van der Waals surface area contributed by atoms with Crippen molar-refractivity contribution in [3.63, 3.8) is 0 Å².